The van der Waals surface area contributed by atoms with Gasteiger partial charge in [0.25, 0.3) is 0 Å². The van der Waals surface area contributed by atoms with Gasteiger partial charge in [-0.05, 0) is 36.4 Å². The van der Waals surface area contributed by atoms with Crippen molar-refractivity contribution < 1.29 is 4.79 Å². The van der Waals surface area contributed by atoms with Crippen molar-refractivity contribution in [3.63, 3.8) is 0 Å². The van der Waals surface area contributed by atoms with Gasteiger partial charge in [-0.2, -0.15) is 0 Å². The first-order valence-corrected chi connectivity index (χ1v) is 5.40. The van der Waals surface area contributed by atoms with Crippen LogP contribution in [0.4, 0.5) is 5.82 Å². The Morgan fingerprint density at radius 1 is 1.60 bits per heavy atom. The molecule has 1 amide bonds. The van der Waals surface area contributed by atoms with Gasteiger partial charge in [0.2, 0.25) is 11.2 Å². The molecule has 0 saturated heterocycles. The van der Waals surface area contributed by atoms with Gasteiger partial charge in [0.05, 0.1) is 0 Å². The van der Waals surface area contributed by atoms with Crippen molar-refractivity contribution in [3.05, 3.63) is 17.5 Å². The molecule has 1 fully saturated rings. The maximum absolute atomic E-state index is 11.5. The first-order chi connectivity index (χ1) is 7.24. The summed E-state index contributed by atoms with van der Waals surface area (Å²) < 4.78 is 0. The maximum Gasteiger partial charge on any atom is 0.225 e. The first kappa shape index (κ1) is 10.4. The number of carbonyl (C=O) groups is 1. The van der Waals surface area contributed by atoms with Crippen LogP contribution in [0.5, 0.6) is 0 Å². The van der Waals surface area contributed by atoms with Crippen LogP contribution in [-0.4, -0.2) is 15.9 Å². The van der Waals surface area contributed by atoms with Crippen LogP contribution < -0.4 is 5.32 Å². The largest absolute Gasteiger partial charge is 0.311 e. The van der Waals surface area contributed by atoms with Crippen molar-refractivity contribution in [2.45, 2.75) is 25.7 Å². The molecule has 0 unspecified atom stereocenters. The fourth-order valence-corrected chi connectivity index (χ4v) is 1.70. The number of halogens is 1. The molecule has 15 heavy (non-hydrogen) atoms. The maximum atomic E-state index is 11.5. The summed E-state index contributed by atoms with van der Waals surface area (Å²) in [7, 11) is 0. The summed E-state index contributed by atoms with van der Waals surface area (Å²) in [5.74, 6) is 1.04. The molecular formula is C10H12ClN3O. The number of amides is 1. The lowest BCUT2D eigenvalue weighted by molar-refractivity contribution is -0.117. The summed E-state index contributed by atoms with van der Waals surface area (Å²) in [4.78, 5) is 19.1. The van der Waals surface area contributed by atoms with Crippen molar-refractivity contribution in [2.24, 2.45) is 5.92 Å². The van der Waals surface area contributed by atoms with Gasteiger partial charge in [-0.15, -0.1) is 0 Å². The zero-order valence-corrected chi connectivity index (χ0v) is 9.00. The smallest absolute Gasteiger partial charge is 0.225 e. The average Bonchev–Trinajstić information content (AvgIpc) is 2.11. The number of aromatic nitrogens is 2. The number of anilines is 1. The topological polar surface area (TPSA) is 54.9 Å². The lowest BCUT2D eigenvalue weighted by Crippen LogP contribution is -2.21. The SMILES string of the molecule is O=C(CC1CCC1)Nc1ccnc(Cl)n1. The molecule has 4 nitrogen and oxygen atoms in total. The summed E-state index contributed by atoms with van der Waals surface area (Å²) in [5, 5.41) is 2.86. The molecule has 1 saturated carbocycles. The summed E-state index contributed by atoms with van der Waals surface area (Å²) >= 11 is 5.60. The van der Waals surface area contributed by atoms with Crippen LogP contribution in [-0.2, 0) is 4.79 Å². The molecule has 1 aliphatic carbocycles. The zero-order valence-electron chi connectivity index (χ0n) is 8.24. The number of hydrogen-bond acceptors (Lipinski definition) is 3. The number of hydrogen-bond donors (Lipinski definition) is 1. The predicted octanol–water partition coefficient (Wildman–Crippen LogP) is 2.26. The Morgan fingerprint density at radius 3 is 3.00 bits per heavy atom. The van der Waals surface area contributed by atoms with Crippen LogP contribution >= 0.6 is 11.6 Å². The average molecular weight is 226 g/mol. The van der Waals surface area contributed by atoms with Crippen LogP contribution in [0.3, 0.4) is 0 Å². The van der Waals surface area contributed by atoms with Crippen LogP contribution in [0.1, 0.15) is 25.7 Å². The first-order valence-electron chi connectivity index (χ1n) is 5.02. The van der Waals surface area contributed by atoms with Gasteiger partial charge in [0.15, 0.2) is 0 Å². The van der Waals surface area contributed by atoms with E-state index in [9.17, 15) is 4.79 Å². The highest BCUT2D eigenvalue weighted by Gasteiger charge is 2.20. The molecule has 0 aromatic carbocycles. The lowest BCUT2D eigenvalue weighted by atomic mass is 9.83. The highest BCUT2D eigenvalue weighted by Crippen LogP contribution is 2.29. The van der Waals surface area contributed by atoms with E-state index < -0.39 is 0 Å². The van der Waals surface area contributed by atoms with Crippen molar-refractivity contribution in [2.75, 3.05) is 5.32 Å². The molecule has 0 radical (unpaired) electrons. The third-order valence-electron chi connectivity index (χ3n) is 2.59. The Morgan fingerprint density at radius 2 is 2.40 bits per heavy atom. The second kappa shape index (κ2) is 4.57. The molecule has 1 aromatic rings. The number of nitrogens with one attached hydrogen (secondary N) is 1. The zero-order chi connectivity index (χ0) is 10.7. The third kappa shape index (κ3) is 2.89. The Balaban J connectivity index is 1.87. The second-order valence-electron chi connectivity index (χ2n) is 3.76. The van der Waals surface area contributed by atoms with E-state index in [0.717, 1.165) is 12.8 Å². The molecule has 0 aliphatic heterocycles. The number of nitrogens with zero attached hydrogens (tertiary/aromatic N) is 2. The lowest BCUT2D eigenvalue weighted by Gasteiger charge is -2.24. The van der Waals surface area contributed by atoms with Crippen molar-refractivity contribution in [1.29, 1.82) is 0 Å². The molecule has 0 atom stereocenters. The van der Waals surface area contributed by atoms with Crippen LogP contribution in [0.25, 0.3) is 0 Å². The van der Waals surface area contributed by atoms with Crippen LogP contribution in [0, 0.1) is 5.92 Å². The van der Waals surface area contributed by atoms with Crippen molar-refractivity contribution in [3.8, 4) is 0 Å². The van der Waals surface area contributed by atoms with E-state index in [1.54, 1.807) is 6.07 Å². The van der Waals surface area contributed by atoms with Gasteiger partial charge >= 0.3 is 0 Å². The van der Waals surface area contributed by atoms with Crippen LogP contribution in [0.2, 0.25) is 5.28 Å². The van der Waals surface area contributed by atoms with Gasteiger partial charge in [0.1, 0.15) is 5.82 Å². The normalized spacial score (nSPS) is 15.8. The molecule has 5 heteroatoms. The molecule has 1 N–H and O–H groups in total. The van der Waals surface area contributed by atoms with Crippen molar-refractivity contribution >= 4 is 23.3 Å². The molecule has 2 rings (SSSR count). The fraction of sp³-hybridized carbons (Fsp3) is 0.500. The Labute approximate surface area is 93.1 Å². The summed E-state index contributed by atoms with van der Waals surface area (Å²) in [5.41, 5.74) is 0. The number of rotatable bonds is 3. The van der Waals surface area contributed by atoms with Gasteiger partial charge in [-0.3, -0.25) is 4.79 Å². The van der Waals surface area contributed by atoms with Gasteiger partial charge in [-0.1, -0.05) is 6.42 Å². The molecule has 80 valence electrons. The quantitative estimate of drug-likeness (QED) is 0.803. The van der Waals surface area contributed by atoms with E-state index in [0.29, 0.717) is 18.2 Å². The van der Waals surface area contributed by atoms with E-state index in [-0.39, 0.29) is 11.2 Å². The molecule has 0 spiro atoms. The molecule has 0 bridgehead atoms. The summed E-state index contributed by atoms with van der Waals surface area (Å²) in [6.07, 6.45) is 5.68. The van der Waals surface area contributed by atoms with E-state index in [1.165, 1.54) is 12.6 Å². The number of carbonyl (C=O) groups excluding carboxylic acids is 1. The highest BCUT2D eigenvalue weighted by atomic mass is 35.5. The minimum Gasteiger partial charge on any atom is -0.311 e. The van der Waals surface area contributed by atoms with Gasteiger partial charge < -0.3 is 5.32 Å². The summed E-state index contributed by atoms with van der Waals surface area (Å²) in [6, 6.07) is 1.63. The monoisotopic (exact) mass is 225 g/mol. The van der Waals surface area contributed by atoms with Crippen molar-refractivity contribution in [1.82, 2.24) is 9.97 Å². The minimum atomic E-state index is 0.00877. The molecule has 1 aliphatic rings. The highest BCUT2D eigenvalue weighted by molar-refractivity contribution is 6.28. The van der Waals surface area contributed by atoms with Gasteiger partial charge in [0, 0.05) is 12.6 Å². The third-order valence-corrected chi connectivity index (χ3v) is 2.77. The Hall–Kier alpha value is -1.16. The van der Waals surface area contributed by atoms with E-state index >= 15 is 0 Å². The van der Waals surface area contributed by atoms with Gasteiger partial charge in [-0.25, -0.2) is 9.97 Å². The molecule has 1 aromatic heterocycles. The standard InChI is InChI=1S/C10H12ClN3O/c11-10-12-5-4-8(14-10)13-9(15)6-7-2-1-3-7/h4-5,7H,1-3,6H2,(H,12,13,14,15). The van der Waals surface area contributed by atoms with E-state index in [2.05, 4.69) is 15.3 Å². The van der Waals surface area contributed by atoms with E-state index in [4.69, 9.17) is 11.6 Å². The Kier molecular flexibility index (Phi) is 3.16. The fourth-order valence-electron chi connectivity index (χ4n) is 1.56. The predicted molar refractivity (Wildman–Crippen MR) is 57.6 cm³/mol. The summed E-state index contributed by atoms with van der Waals surface area (Å²) in [6.45, 7) is 0. The van der Waals surface area contributed by atoms with E-state index in [1.807, 2.05) is 0 Å². The second-order valence-corrected chi connectivity index (χ2v) is 4.10. The Bertz CT molecular complexity index is 365. The molecular weight excluding hydrogens is 214 g/mol. The minimum absolute atomic E-state index is 0.00877. The van der Waals surface area contributed by atoms with Crippen LogP contribution in [0.15, 0.2) is 12.3 Å². The molecule has 1 heterocycles.